The minimum Gasteiger partial charge on any atom is -0.481 e. The van der Waals surface area contributed by atoms with Gasteiger partial charge in [-0.1, -0.05) is 154 Å². The smallest absolute Gasteiger partial charge is 0.306 e. The van der Waals surface area contributed by atoms with E-state index in [0.29, 0.717) is 0 Å². The van der Waals surface area contributed by atoms with E-state index in [0.717, 1.165) is 25.7 Å². The average molecular weight is 479 g/mol. The summed E-state index contributed by atoms with van der Waals surface area (Å²) in [6.07, 6.45) is 38.1. The Kier molecular flexibility index (Phi) is 27.8. The topological polar surface area (TPSA) is 37.3 Å². The number of unbranched alkanes of at least 4 members (excludes halogenated alkanes) is 21. The largest absolute Gasteiger partial charge is 0.481 e. The molecule has 0 aliphatic carbocycles. The van der Waals surface area contributed by atoms with Crippen LogP contribution in [0, 0.1) is 5.92 Å². The maximum absolute atomic E-state index is 11.5. The van der Waals surface area contributed by atoms with Gasteiger partial charge in [-0.3, -0.25) is 4.79 Å². The highest BCUT2D eigenvalue weighted by atomic mass is 16.4. The summed E-state index contributed by atoms with van der Waals surface area (Å²) in [5.74, 6) is -0.668. The number of carbonyl (C=O) groups is 1. The minimum absolute atomic E-state index is 0.103. The number of carboxylic acid groups (broad SMARTS) is 1. The summed E-state index contributed by atoms with van der Waals surface area (Å²) in [4.78, 5) is 11.5. The molecule has 0 saturated carbocycles. The minimum atomic E-state index is -0.566. The lowest BCUT2D eigenvalue weighted by atomic mass is 9.94. The second kappa shape index (κ2) is 28.4. The van der Waals surface area contributed by atoms with Crippen molar-refractivity contribution in [3.63, 3.8) is 0 Å². The first kappa shape index (κ1) is 33.2. The van der Waals surface area contributed by atoms with Crippen molar-refractivity contribution in [1.29, 1.82) is 0 Å². The molecule has 0 amide bonds. The van der Waals surface area contributed by atoms with Crippen molar-refractivity contribution >= 4 is 5.97 Å². The third-order valence-corrected chi connectivity index (χ3v) is 7.32. The molecule has 0 aromatic heterocycles. The molecule has 0 bridgehead atoms. The lowest BCUT2D eigenvalue weighted by Crippen LogP contribution is -2.13. The van der Waals surface area contributed by atoms with Gasteiger partial charge in [-0.05, 0) is 38.5 Å². The molecule has 0 radical (unpaired) electrons. The van der Waals surface area contributed by atoms with Crippen LogP contribution in [0.3, 0.4) is 0 Å². The van der Waals surface area contributed by atoms with E-state index in [4.69, 9.17) is 0 Å². The first-order valence-electron chi connectivity index (χ1n) is 15.6. The van der Waals surface area contributed by atoms with Crippen LogP contribution in [-0.2, 0) is 4.79 Å². The highest BCUT2D eigenvalue weighted by Gasteiger charge is 2.16. The van der Waals surface area contributed by atoms with Gasteiger partial charge in [-0.25, -0.2) is 0 Å². The zero-order valence-corrected chi connectivity index (χ0v) is 23.5. The Bertz CT molecular complexity index is 429. The molecule has 2 heteroatoms. The molecule has 0 rings (SSSR count). The molecular formula is C32H62O2. The van der Waals surface area contributed by atoms with Gasteiger partial charge in [-0.15, -0.1) is 0 Å². The van der Waals surface area contributed by atoms with Crippen molar-refractivity contribution in [2.45, 2.75) is 181 Å². The van der Waals surface area contributed by atoms with Crippen molar-refractivity contribution in [3.05, 3.63) is 12.2 Å². The molecule has 0 heterocycles. The fourth-order valence-electron chi connectivity index (χ4n) is 4.91. The third-order valence-electron chi connectivity index (χ3n) is 7.32. The fourth-order valence-corrected chi connectivity index (χ4v) is 4.91. The molecule has 1 N–H and O–H groups in total. The maximum Gasteiger partial charge on any atom is 0.306 e. The van der Waals surface area contributed by atoms with E-state index in [1.54, 1.807) is 0 Å². The van der Waals surface area contributed by atoms with Crippen molar-refractivity contribution in [1.82, 2.24) is 0 Å². The van der Waals surface area contributed by atoms with E-state index < -0.39 is 5.97 Å². The summed E-state index contributed by atoms with van der Waals surface area (Å²) in [6, 6.07) is 0. The van der Waals surface area contributed by atoms with E-state index in [-0.39, 0.29) is 5.92 Å². The lowest BCUT2D eigenvalue weighted by Gasteiger charge is -2.12. The lowest BCUT2D eigenvalue weighted by molar-refractivity contribution is -0.142. The molecule has 0 aromatic carbocycles. The summed E-state index contributed by atoms with van der Waals surface area (Å²) in [6.45, 7) is 4.53. The summed E-state index contributed by atoms with van der Waals surface area (Å²) in [5.41, 5.74) is 0. The van der Waals surface area contributed by atoms with Crippen LogP contribution in [0.25, 0.3) is 0 Å². The van der Waals surface area contributed by atoms with Crippen LogP contribution in [0.15, 0.2) is 12.2 Å². The molecule has 34 heavy (non-hydrogen) atoms. The molecular weight excluding hydrogens is 416 g/mol. The molecule has 0 spiro atoms. The number of allylic oxidation sites excluding steroid dienone is 2. The van der Waals surface area contributed by atoms with Crippen molar-refractivity contribution in [2.24, 2.45) is 5.92 Å². The highest BCUT2D eigenvalue weighted by Crippen LogP contribution is 2.20. The van der Waals surface area contributed by atoms with Crippen LogP contribution in [0.5, 0.6) is 0 Å². The fraction of sp³-hybridized carbons (Fsp3) is 0.906. The molecule has 0 fully saturated rings. The van der Waals surface area contributed by atoms with Gasteiger partial charge in [0, 0.05) is 0 Å². The summed E-state index contributed by atoms with van der Waals surface area (Å²) in [5, 5.41) is 9.51. The average Bonchev–Trinajstić information content (AvgIpc) is 2.83. The van der Waals surface area contributed by atoms with E-state index >= 15 is 0 Å². The summed E-state index contributed by atoms with van der Waals surface area (Å²) >= 11 is 0. The van der Waals surface area contributed by atoms with Gasteiger partial charge in [0.1, 0.15) is 0 Å². The molecule has 2 nitrogen and oxygen atoms in total. The second-order valence-electron chi connectivity index (χ2n) is 10.7. The molecule has 202 valence electrons. The summed E-state index contributed by atoms with van der Waals surface area (Å²) in [7, 11) is 0. The monoisotopic (exact) mass is 478 g/mol. The van der Waals surface area contributed by atoms with Gasteiger partial charge in [0.25, 0.3) is 0 Å². The number of aliphatic carboxylic acids is 1. The first-order valence-corrected chi connectivity index (χ1v) is 15.6. The van der Waals surface area contributed by atoms with E-state index in [9.17, 15) is 9.90 Å². The van der Waals surface area contributed by atoms with E-state index in [1.165, 1.54) is 141 Å². The Morgan fingerprint density at radius 2 is 0.794 bits per heavy atom. The third kappa shape index (κ3) is 25.8. The first-order chi connectivity index (χ1) is 16.7. The van der Waals surface area contributed by atoms with Gasteiger partial charge in [0.05, 0.1) is 5.92 Å². The quantitative estimate of drug-likeness (QED) is 0.0896. The molecule has 0 saturated heterocycles. The van der Waals surface area contributed by atoms with Crippen LogP contribution in [-0.4, -0.2) is 11.1 Å². The van der Waals surface area contributed by atoms with Crippen LogP contribution >= 0.6 is 0 Å². The predicted octanol–water partition coefficient (Wildman–Crippen LogP) is 11.4. The van der Waals surface area contributed by atoms with Crippen LogP contribution in [0.4, 0.5) is 0 Å². The predicted molar refractivity (Wildman–Crippen MR) is 152 cm³/mol. The molecule has 1 unspecified atom stereocenters. The number of carboxylic acids is 1. The Morgan fingerprint density at radius 3 is 1.12 bits per heavy atom. The van der Waals surface area contributed by atoms with Crippen LogP contribution < -0.4 is 0 Å². The van der Waals surface area contributed by atoms with Gasteiger partial charge < -0.3 is 5.11 Å². The maximum atomic E-state index is 11.5. The van der Waals surface area contributed by atoms with Crippen LogP contribution in [0.2, 0.25) is 0 Å². The highest BCUT2D eigenvalue weighted by molar-refractivity contribution is 5.69. The zero-order valence-electron chi connectivity index (χ0n) is 23.5. The molecule has 1 atom stereocenters. The molecule has 0 aliphatic rings. The SMILES string of the molecule is CCCCCCCCC=CCCCCCCCCCCC(CCCCCCCCCC)C(=O)O. The van der Waals surface area contributed by atoms with Gasteiger partial charge in [0.15, 0.2) is 0 Å². The number of hydrogen-bond donors (Lipinski definition) is 1. The number of rotatable bonds is 28. The van der Waals surface area contributed by atoms with E-state index in [1.807, 2.05) is 0 Å². The normalized spacial score (nSPS) is 12.5. The standard InChI is InChI=1S/C32H62O2/c1-3-5-7-9-11-13-14-15-16-17-18-19-20-21-22-24-26-28-30-31(32(33)34)29-27-25-23-12-10-8-6-4-2/h15-16,31H,3-14,17-30H2,1-2H3,(H,33,34). The van der Waals surface area contributed by atoms with Gasteiger partial charge in [-0.2, -0.15) is 0 Å². The van der Waals surface area contributed by atoms with Crippen molar-refractivity contribution in [3.8, 4) is 0 Å². The van der Waals surface area contributed by atoms with Crippen LogP contribution in [0.1, 0.15) is 181 Å². The zero-order chi connectivity index (χ0) is 25.0. The Balaban J connectivity index is 3.41. The molecule has 0 aromatic rings. The Hall–Kier alpha value is -0.790. The second-order valence-corrected chi connectivity index (χ2v) is 10.7. The van der Waals surface area contributed by atoms with Crippen molar-refractivity contribution in [2.75, 3.05) is 0 Å². The summed E-state index contributed by atoms with van der Waals surface area (Å²) < 4.78 is 0. The van der Waals surface area contributed by atoms with E-state index in [2.05, 4.69) is 26.0 Å². The van der Waals surface area contributed by atoms with Crippen molar-refractivity contribution < 1.29 is 9.90 Å². The Labute approximate surface area is 214 Å². The Morgan fingerprint density at radius 1 is 0.500 bits per heavy atom. The van der Waals surface area contributed by atoms with Gasteiger partial charge >= 0.3 is 5.97 Å². The van der Waals surface area contributed by atoms with Gasteiger partial charge in [0.2, 0.25) is 0 Å². The molecule has 0 aliphatic heterocycles. The number of hydrogen-bond acceptors (Lipinski definition) is 1.